The van der Waals surface area contributed by atoms with Gasteiger partial charge in [0.15, 0.2) is 0 Å². The Morgan fingerprint density at radius 3 is 2.72 bits per heavy atom. The molecular formula is C19H16N4O2. The van der Waals surface area contributed by atoms with Gasteiger partial charge in [-0.05, 0) is 36.2 Å². The average Bonchev–Trinajstić information content (AvgIpc) is 2.63. The zero-order valence-electron chi connectivity index (χ0n) is 13.7. The number of aryl methyl sites for hydroxylation is 1. The van der Waals surface area contributed by atoms with Crippen LogP contribution in [0.4, 0.5) is 0 Å². The van der Waals surface area contributed by atoms with Gasteiger partial charge in [-0.2, -0.15) is 5.26 Å². The lowest BCUT2D eigenvalue weighted by atomic mass is 10.1. The van der Waals surface area contributed by atoms with Crippen LogP contribution in [0.2, 0.25) is 0 Å². The molecule has 0 unspecified atom stereocenters. The molecule has 0 radical (unpaired) electrons. The Morgan fingerprint density at radius 2 is 2.00 bits per heavy atom. The second-order valence-electron chi connectivity index (χ2n) is 5.73. The Kier molecular flexibility index (Phi) is 4.57. The molecule has 0 saturated carbocycles. The maximum Gasteiger partial charge on any atom is 0.261 e. The Balaban J connectivity index is 1.70. The number of nitrogens with one attached hydrogen (secondary N) is 1. The van der Waals surface area contributed by atoms with Crippen LogP contribution in [0, 0.1) is 18.3 Å². The van der Waals surface area contributed by atoms with E-state index in [4.69, 9.17) is 5.26 Å². The van der Waals surface area contributed by atoms with Gasteiger partial charge in [-0.25, -0.2) is 4.98 Å². The van der Waals surface area contributed by atoms with Crippen molar-refractivity contribution < 1.29 is 4.79 Å². The summed E-state index contributed by atoms with van der Waals surface area (Å²) in [5.74, 6) is -0.278. The summed E-state index contributed by atoms with van der Waals surface area (Å²) in [5, 5.41) is 12.0. The van der Waals surface area contributed by atoms with Crippen molar-refractivity contribution in [2.45, 2.75) is 20.0 Å². The van der Waals surface area contributed by atoms with Crippen molar-refractivity contribution in [3.63, 3.8) is 0 Å². The van der Waals surface area contributed by atoms with Gasteiger partial charge in [-0.15, -0.1) is 0 Å². The summed E-state index contributed by atoms with van der Waals surface area (Å²) in [6.07, 6.45) is 1.40. The largest absolute Gasteiger partial charge is 0.350 e. The predicted molar refractivity (Wildman–Crippen MR) is 93.7 cm³/mol. The first-order chi connectivity index (χ1) is 12.1. The van der Waals surface area contributed by atoms with E-state index in [-0.39, 0.29) is 18.0 Å². The number of carbonyl (C=O) groups is 1. The van der Waals surface area contributed by atoms with E-state index in [0.717, 1.165) is 11.1 Å². The van der Waals surface area contributed by atoms with Crippen molar-refractivity contribution in [3.8, 4) is 6.07 Å². The molecular weight excluding hydrogens is 316 g/mol. The molecule has 0 spiro atoms. The third-order valence-corrected chi connectivity index (χ3v) is 3.94. The maximum atomic E-state index is 12.5. The van der Waals surface area contributed by atoms with Crippen LogP contribution in [-0.4, -0.2) is 15.5 Å². The number of benzene rings is 2. The summed E-state index contributed by atoms with van der Waals surface area (Å²) in [5.41, 5.74) is 2.79. The van der Waals surface area contributed by atoms with Crippen LogP contribution in [0.15, 0.2) is 53.6 Å². The molecule has 0 fully saturated rings. The summed E-state index contributed by atoms with van der Waals surface area (Å²) in [6, 6.07) is 14.4. The number of nitriles is 1. The van der Waals surface area contributed by atoms with Gasteiger partial charge in [-0.3, -0.25) is 14.2 Å². The average molecular weight is 332 g/mol. The number of rotatable bonds is 4. The maximum absolute atomic E-state index is 12.5. The Morgan fingerprint density at radius 1 is 1.24 bits per heavy atom. The van der Waals surface area contributed by atoms with E-state index in [9.17, 15) is 9.59 Å². The van der Waals surface area contributed by atoms with Gasteiger partial charge in [0, 0.05) is 6.54 Å². The topological polar surface area (TPSA) is 87.8 Å². The molecule has 6 nitrogen and oxygen atoms in total. The lowest BCUT2D eigenvalue weighted by molar-refractivity contribution is -0.121. The highest BCUT2D eigenvalue weighted by Crippen LogP contribution is 2.11. The normalized spacial score (nSPS) is 10.4. The second kappa shape index (κ2) is 6.97. The highest BCUT2D eigenvalue weighted by atomic mass is 16.2. The van der Waals surface area contributed by atoms with Crippen molar-refractivity contribution in [1.82, 2.24) is 14.9 Å². The number of fused-ring (bicyclic) bond motifs is 1. The van der Waals surface area contributed by atoms with Gasteiger partial charge in [0.2, 0.25) is 5.91 Å². The minimum Gasteiger partial charge on any atom is -0.350 e. The fraction of sp³-hybridized carbons (Fsp3) is 0.158. The molecule has 0 aliphatic rings. The van der Waals surface area contributed by atoms with Crippen molar-refractivity contribution >= 4 is 16.8 Å². The van der Waals surface area contributed by atoms with Gasteiger partial charge in [0.05, 0.1) is 28.9 Å². The van der Waals surface area contributed by atoms with Crippen LogP contribution in [0.3, 0.4) is 0 Å². The highest BCUT2D eigenvalue weighted by Gasteiger charge is 2.09. The first kappa shape index (κ1) is 16.4. The summed E-state index contributed by atoms with van der Waals surface area (Å²) in [4.78, 5) is 28.9. The number of amides is 1. The predicted octanol–water partition coefficient (Wildman–Crippen LogP) is 1.89. The molecule has 124 valence electrons. The van der Waals surface area contributed by atoms with E-state index in [1.165, 1.54) is 10.9 Å². The number of carbonyl (C=O) groups excluding carboxylic acids is 1. The quantitative estimate of drug-likeness (QED) is 0.790. The lowest BCUT2D eigenvalue weighted by Gasteiger charge is -2.09. The van der Waals surface area contributed by atoms with Crippen LogP contribution in [0.5, 0.6) is 0 Å². The summed E-state index contributed by atoms with van der Waals surface area (Å²) in [7, 11) is 0. The van der Waals surface area contributed by atoms with Gasteiger partial charge in [0.25, 0.3) is 5.56 Å². The first-order valence-corrected chi connectivity index (χ1v) is 7.79. The minimum absolute atomic E-state index is 0.0913. The van der Waals surface area contributed by atoms with Crippen molar-refractivity contribution in [3.05, 3.63) is 75.8 Å². The fourth-order valence-electron chi connectivity index (χ4n) is 2.56. The molecule has 6 heteroatoms. The molecule has 0 saturated heterocycles. The molecule has 1 aromatic heterocycles. The lowest BCUT2D eigenvalue weighted by Crippen LogP contribution is -2.32. The van der Waals surface area contributed by atoms with Crippen molar-refractivity contribution in [2.24, 2.45) is 0 Å². The molecule has 25 heavy (non-hydrogen) atoms. The monoisotopic (exact) mass is 332 g/mol. The molecule has 0 bridgehead atoms. The molecule has 0 aliphatic heterocycles. The molecule has 2 aromatic carbocycles. The number of para-hydroxylation sites is 1. The second-order valence-corrected chi connectivity index (χ2v) is 5.73. The van der Waals surface area contributed by atoms with Gasteiger partial charge >= 0.3 is 0 Å². The summed E-state index contributed by atoms with van der Waals surface area (Å²) < 4.78 is 1.30. The molecule has 0 atom stereocenters. The summed E-state index contributed by atoms with van der Waals surface area (Å²) >= 11 is 0. The minimum atomic E-state index is -0.278. The fourth-order valence-corrected chi connectivity index (χ4v) is 2.56. The van der Waals surface area contributed by atoms with E-state index in [1.54, 1.807) is 36.4 Å². The molecule has 1 N–H and O–H groups in total. The molecule has 1 amide bonds. The molecule has 0 aliphatic carbocycles. The van der Waals surface area contributed by atoms with E-state index in [1.807, 2.05) is 19.1 Å². The smallest absolute Gasteiger partial charge is 0.261 e. The Hall–Kier alpha value is -3.46. The van der Waals surface area contributed by atoms with Crippen molar-refractivity contribution in [2.75, 3.05) is 0 Å². The van der Waals surface area contributed by atoms with Crippen LogP contribution < -0.4 is 10.9 Å². The van der Waals surface area contributed by atoms with Crippen LogP contribution in [-0.2, 0) is 17.9 Å². The highest BCUT2D eigenvalue weighted by molar-refractivity contribution is 5.81. The molecule has 3 rings (SSSR count). The van der Waals surface area contributed by atoms with Crippen LogP contribution >= 0.6 is 0 Å². The van der Waals surface area contributed by atoms with Gasteiger partial charge < -0.3 is 5.32 Å². The third kappa shape index (κ3) is 3.56. The van der Waals surface area contributed by atoms with E-state index in [0.29, 0.717) is 23.0 Å². The zero-order chi connectivity index (χ0) is 17.8. The van der Waals surface area contributed by atoms with E-state index in [2.05, 4.69) is 10.3 Å². The Bertz CT molecular complexity index is 1030. The third-order valence-electron chi connectivity index (χ3n) is 3.94. The van der Waals surface area contributed by atoms with Crippen molar-refractivity contribution in [1.29, 1.82) is 5.26 Å². The van der Waals surface area contributed by atoms with E-state index >= 15 is 0 Å². The van der Waals surface area contributed by atoms with Gasteiger partial charge in [0.1, 0.15) is 6.54 Å². The molecule has 3 aromatic rings. The SMILES string of the molecule is Cc1cccc2c(=O)n(CC(=O)NCc3ccc(C#N)cc3)cnc12. The van der Waals surface area contributed by atoms with Gasteiger partial charge in [-0.1, -0.05) is 24.3 Å². The zero-order valence-corrected chi connectivity index (χ0v) is 13.7. The van der Waals surface area contributed by atoms with Crippen LogP contribution in [0.1, 0.15) is 16.7 Å². The molecule has 1 heterocycles. The number of hydrogen-bond acceptors (Lipinski definition) is 4. The number of aromatic nitrogens is 2. The van der Waals surface area contributed by atoms with Crippen LogP contribution in [0.25, 0.3) is 10.9 Å². The summed E-state index contributed by atoms with van der Waals surface area (Å²) in [6.45, 7) is 2.13. The Labute approximate surface area is 144 Å². The first-order valence-electron chi connectivity index (χ1n) is 7.79. The number of hydrogen-bond donors (Lipinski definition) is 1. The number of nitrogens with zero attached hydrogens (tertiary/aromatic N) is 3. The van der Waals surface area contributed by atoms with E-state index < -0.39 is 0 Å². The standard InChI is InChI=1S/C19H16N4O2/c1-13-3-2-4-16-18(13)22-12-23(19(16)25)11-17(24)21-10-15-7-5-14(9-20)6-8-15/h2-8,12H,10-11H2,1H3,(H,21,24).